The minimum absolute atomic E-state index is 0.0527. The number of carbonyl (C=O) groups excluding carboxylic acids is 1. The van der Waals surface area contributed by atoms with Crippen LogP contribution in [0.5, 0.6) is 0 Å². The summed E-state index contributed by atoms with van der Waals surface area (Å²) in [5.74, 6) is 0.0527. The second-order valence-corrected chi connectivity index (χ2v) is 5.41. The normalized spacial score (nSPS) is 18.6. The zero-order valence-corrected chi connectivity index (χ0v) is 13.0. The predicted octanol–water partition coefficient (Wildman–Crippen LogP) is 2.54. The summed E-state index contributed by atoms with van der Waals surface area (Å²) in [6.07, 6.45) is 6.11. The summed E-state index contributed by atoms with van der Waals surface area (Å²) in [5.41, 5.74) is 1.44. The summed E-state index contributed by atoms with van der Waals surface area (Å²) in [6.45, 7) is 4.35. The number of piperidine rings is 1. The number of nitrogens with one attached hydrogen (secondary N) is 1. The lowest BCUT2D eigenvalue weighted by atomic mass is 9.99. The predicted molar refractivity (Wildman–Crippen MR) is 83.6 cm³/mol. The zero-order valence-electron chi connectivity index (χ0n) is 13.0. The van der Waals surface area contributed by atoms with Gasteiger partial charge in [-0.3, -0.25) is 9.78 Å². The average Bonchev–Trinajstić information content (AvgIpc) is 2.54. The minimum atomic E-state index is 0.0527. The molecule has 1 atom stereocenters. The number of carbonyl (C=O) groups is 1. The summed E-state index contributed by atoms with van der Waals surface area (Å²) < 4.78 is 5.01. The van der Waals surface area contributed by atoms with Gasteiger partial charge in [-0.1, -0.05) is 6.92 Å². The molecule has 1 aromatic rings. The molecule has 1 saturated heterocycles. The Morgan fingerprint density at radius 2 is 2.38 bits per heavy atom. The maximum Gasteiger partial charge on any atom is 0.272 e. The second-order valence-electron chi connectivity index (χ2n) is 5.41. The lowest BCUT2D eigenvalue weighted by molar-refractivity contribution is 0.0602. The molecular formula is C16H25N3O2. The highest BCUT2D eigenvalue weighted by Crippen LogP contribution is 2.22. The van der Waals surface area contributed by atoms with Crippen molar-refractivity contribution in [2.45, 2.75) is 38.6 Å². The Labute approximate surface area is 126 Å². The molecule has 2 heterocycles. The number of pyridine rings is 1. The average molecular weight is 291 g/mol. The van der Waals surface area contributed by atoms with Gasteiger partial charge in [-0.15, -0.1) is 0 Å². The van der Waals surface area contributed by atoms with Gasteiger partial charge in [0, 0.05) is 38.1 Å². The van der Waals surface area contributed by atoms with Gasteiger partial charge in [-0.05, 0) is 37.8 Å². The number of likely N-dealkylation sites (tertiary alicyclic amines) is 1. The van der Waals surface area contributed by atoms with Crippen LogP contribution in [0.2, 0.25) is 0 Å². The van der Waals surface area contributed by atoms with E-state index in [2.05, 4.69) is 17.2 Å². The van der Waals surface area contributed by atoms with Crippen LogP contribution >= 0.6 is 0 Å². The van der Waals surface area contributed by atoms with Gasteiger partial charge in [0.05, 0.1) is 6.61 Å². The molecule has 1 unspecified atom stereocenters. The van der Waals surface area contributed by atoms with Crippen LogP contribution in [0.1, 0.15) is 43.1 Å². The molecule has 1 amide bonds. The fourth-order valence-corrected chi connectivity index (χ4v) is 2.79. The lowest BCUT2D eigenvalue weighted by Crippen LogP contribution is -2.43. The molecule has 5 nitrogen and oxygen atoms in total. The number of anilines is 1. The molecule has 0 aliphatic carbocycles. The van der Waals surface area contributed by atoms with Crippen molar-refractivity contribution in [1.82, 2.24) is 9.88 Å². The summed E-state index contributed by atoms with van der Waals surface area (Å²) in [7, 11) is 1.67. The van der Waals surface area contributed by atoms with Crippen LogP contribution < -0.4 is 5.32 Å². The van der Waals surface area contributed by atoms with Crippen molar-refractivity contribution in [2.24, 2.45) is 0 Å². The molecule has 1 fully saturated rings. The standard InChI is InChI=1S/C16H25N3O2/c1-3-14-6-4-5-10-19(14)16(20)15-12-13(7-8-18-15)17-9-11-21-2/h7-8,12,14H,3-6,9-11H2,1-2H3,(H,17,18). The van der Waals surface area contributed by atoms with Crippen molar-refractivity contribution in [2.75, 3.05) is 32.1 Å². The highest BCUT2D eigenvalue weighted by atomic mass is 16.5. The van der Waals surface area contributed by atoms with Crippen LogP contribution in [0, 0.1) is 0 Å². The van der Waals surface area contributed by atoms with Crippen molar-refractivity contribution in [3.8, 4) is 0 Å². The number of methoxy groups -OCH3 is 1. The molecule has 1 aliphatic rings. The lowest BCUT2D eigenvalue weighted by Gasteiger charge is -2.35. The first-order valence-electron chi connectivity index (χ1n) is 7.76. The van der Waals surface area contributed by atoms with Crippen molar-refractivity contribution in [3.05, 3.63) is 24.0 Å². The summed E-state index contributed by atoms with van der Waals surface area (Å²) in [5, 5.41) is 3.23. The molecule has 21 heavy (non-hydrogen) atoms. The number of hydrogen-bond donors (Lipinski definition) is 1. The molecule has 116 valence electrons. The summed E-state index contributed by atoms with van der Waals surface area (Å²) in [6, 6.07) is 4.07. The minimum Gasteiger partial charge on any atom is -0.383 e. The largest absolute Gasteiger partial charge is 0.383 e. The van der Waals surface area contributed by atoms with Crippen LogP contribution in [0.15, 0.2) is 18.3 Å². The third-order valence-electron chi connectivity index (χ3n) is 3.97. The molecule has 1 aromatic heterocycles. The number of aromatic nitrogens is 1. The van der Waals surface area contributed by atoms with E-state index in [1.165, 1.54) is 6.42 Å². The van der Waals surface area contributed by atoms with E-state index in [-0.39, 0.29) is 5.91 Å². The van der Waals surface area contributed by atoms with E-state index >= 15 is 0 Å². The van der Waals surface area contributed by atoms with Crippen LogP contribution in [-0.4, -0.2) is 48.6 Å². The van der Waals surface area contributed by atoms with Gasteiger partial charge >= 0.3 is 0 Å². The van der Waals surface area contributed by atoms with E-state index in [0.717, 1.165) is 38.0 Å². The maximum atomic E-state index is 12.7. The van der Waals surface area contributed by atoms with Gasteiger partial charge in [0.15, 0.2) is 0 Å². The van der Waals surface area contributed by atoms with Gasteiger partial charge in [0.25, 0.3) is 5.91 Å². The number of rotatable bonds is 6. The number of nitrogens with zero attached hydrogens (tertiary/aromatic N) is 2. The molecule has 1 N–H and O–H groups in total. The second kappa shape index (κ2) is 7.98. The Hall–Kier alpha value is -1.62. The first-order valence-corrected chi connectivity index (χ1v) is 7.76. The summed E-state index contributed by atoms with van der Waals surface area (Å²) in [4.78, 5) is 18.9. The van der Waals surface area contributed by atoms with E-state index < -0.39 is 0 Å². The fraction of sp³-hybridized carbons (Fsp3) is 0.625. The third kappa shape index (κ3) is 4.17. The quantitative estimate of drug-likeness (QED) is 0.818. The monoisotopic (exact) mass is 291 g/mol. The smallest absolute Gasteiger partial charge is 0.272 e. The van der Waals surface area contributed by atoms with Crippen LogP contribution in [-0.2, 0) is 4.74 Å². The van der Waals surface area contributed by atoms with Gasteiger partial charge < -0.3 is 15.0 Å². The Bertz CT molecular complexity index is 465. The molecular weight excluding hydrogens is 266 g/mol. The van der Waals surface area contributed by atoms with Crippen molar-refractivity contribution >= 4 is 11.6 Å². The molecule has 0 aromatic carbocycles. The number of amides is 1. The Morgan fingerprint density at radius 3 is 3.14 bits per heavy atom. The van der Waals surface area contributed by atoms with E-state index in [1.807, 2.05) is 17.0 Å². The summed E-state index contributed by atoms with van der Waals surface area (Å²) >= 11 is 0. The van der Waals surface area contributed by atoms with E-state index in [1.54, 1.807) is 13.3 Å². The van der Waals surface area contributed by atoms with E-state index in [4.69, 9.17) is 4.74 Å². The SMILES string of the molecule is CCC1CCCCN1C(=O)c1cc(NCCOC)ccn1. The van der Waals surface area contributed by atoms with E-state index in [9.17, 15) is 4.79 Å². The Kier molecular flexibility index (Phi) is 5.99. The van der Waals surface area contributed by atoms with Gasteiger partial charge in [-0.2, -0.15) is 0 Å². The van der Waals surface area contributed by atoms with Crippen molar-refractivity contribution in [1.29, 1.82) is 0 Å². The number of hydrogen-bond acceptors (Lipinski definition) is 4. The van der Waals surface area contributed by atoms with Gasteiger partial charge in [-0.25, -0.2) is 0 Å². The van der Waals surface area contributed by atoms with Crippen LogP contribution in [0.3, 0.4) is 0 Å². The molecule has 2 rings (SSSR count). The first-order chi connectivity index (χ1) is 10.3. The van der Waals surface area contributed by atoms with Gasteiger partial charge in [0.2, 0.25) is 0 Å². The van der Waals surface area contributed by atoms with Crippen molar-refractivity contribution < 1.29 is 9.53 Å². The van der Waals surface area contributed by atoms with Gasteiger partial charge in [0.1, 0.15) is 5.69 Å². The van der Waals surface area contributed by atoms with Crippen LogP contribution in [0.25, 0.3) is 0 Å². The number of ether oxygens (including phenoxy) is 1. The van der Waals surface area contributed by atoms with E-state index in [0.29, 0.717) is 18.3 Å². The van der Waals surface area contributed by atoms with Crippen LogP contribution in [0.4, 0.5) is 5.69 Å². The molecule has 0 bridgehead atoms. The molecule has 0 radical (unpaired) electrons. The zero-order chi connectivity index (χ0) is 15.1. The highest BCUT2D eigenvalue weighted by molar-refractivity contribution is 5.93. The Morgan fingerprint density at radius 1 is 1.52 bits per heavy atom. The Balaban J connectivity index is 2.05. The molecule has 0 saturated carbocycles. The fourth-order valence-electron chi connectivity index (χ4n) is 2.79. The maximum absolute atomic E-state index is 12.7. The molecule has 0 spiro atoms. The molecule has 5 heteroatoms. The van der Waals surface area contributed by atoms with Crippen molar-refractivity contribution in [3.63, 3.8) is 0 Å². The third-order valence-corrected chi connectivity index (χ3v) is 3.97. The highest BCUT2D eigenvalue weighted by Gasteiger charge is 2.26. The first kappa shape index (κ1) is 15.8. The molecule has 1 aliphatic heterocycles. The topological polar surface area (TPSA) is 54.5 Å².